The molecule has 1 aromatic carbocycles. The molecule has 3 atom stereocenters. The molecule has 0 radical (unpaired) electrons. The minimum atomic E-state index is -0.439. The summed E-state index contributed by atoms with van der Waals surface area (Å²) < 4.78 is 0. The lowest BCUT2D eigenvalue weighted by Crippen LogP contribution is -2.53. The molecule has 0 spiro atoms. The quantitative estimate of drug-likeness (QED) is 0.893. The molecule has 2 N–H and O–H groups in total. The van der Waals surface area contributed by atoms with Gasteiger partial charge in [0.15, 0.2) is 0 Å². The van der Waals surface area contributed by atoms with E-state index in [-0.39, 0.29) is 0 Å². The Labute approximate surface area is 134 Å². The Morgan fingerprint density at radius 2 is 1.86 bits per heavy atom. The first kappa shape index (κ1) is 15.8. The molecule has 2 aliphatic rings. The number of rotatable bonds is 4. The minimum Gasteiger partial charge on any atom is -0.389 e. The van der Waals surface area contributed by atoms with Gasteiger partial charge in [0.25, 0.3) is 0 Å². The maximum absolute atomic E-state index is 11.0. The third-order valence-electron chi connectivity index (χ3n) is 5.77. The van der Waals surface area contributed by atoms with Gasteiger partial charge < -0.3 is 15.3 Å². The fourth-order valence-electron chi connectivity index (χ4n) is 4.45. The summed E-state index contributed by atoms with van der Waals surface area (Å²) in [6.07, 6.45) is 5.47. The summed E-state index contributed by atoms with van der Waals surface area (Å²) in [4.78, 5) is 2.37. The second-order valence-electron chi connectivity index (χ2n) is 6.90. The van der Waals surface area contributed by atoms with Crippen molar-refractivity contribution in [1.29, 1.82) is 0 Å². The zero-order valence-corrected chi connectivity index (χ0v) is 14.0. The molecule has 3 heteroatoms. The van der Waals surface area contributed by atoms with Crippen molar-refractivity contribution in [2.24, 2.45) is 5.92 Å². The lowest BCUT2D eigenvalue weighted by molar-refractivity contribution is -0.0861. The lowest BCUT2D eigenvalue weighted by Gasteiger charge is -2.48. The molecule has 0 amide bonds. The van der Waals surface area contributed by atoms with Crippen molar-refractivity contribution in [2.45, 2.75) is 57.6 Å². The summed E-state index contributed by atoms with van der Waals surface area (Å²) in [5.41, 5.74) is 2.19. The highest BCUT2D eigenvalue weighted by molar-refractivity contribution is 5.48. The van der Waals surface area contributed by atoms with Crippen LogP contribution in [0.15, 0.2) is 24.3 Å². The molecule has 0 aromatic heterocycles. The number of fused-ring (bicyclic) bond motifs is 1. The van der Waals surface area contributed by atoms with Crippen LogP contribution in [0.1, 0.15) is 57.6 Å². The average molecular weight is 302 g/mol. The van der Waals surface area contributed by atoms with Crippen molar-refractivity contribution in [2.75, 3.05) is 24.5 Å². The highest BCUT2D eigenvalue weighted by atomic mass is 16.3. The molecule has 2 fully saturated rings. The van der Waals surface area contributed by atoms with Gasteiger partial charge in [-0.1, -0.05) is 25.0 Å². The summed E-state index contributed by atoms with van der Waals surface area (Å²) >= 11 is 0. The SMILES string of the molecule is CCN(CC)c1ccc(C2NCCC3(O)CCCCC23)cc1. The van der Waals surface area contributed by atoms with Crippen LogP contribution in [0.2, 0.25) is 0 Å². The molecule has 3 unspecified atom stereocenters. The van der Waals surface area contributed by atoms with Gasteiger partial charge in [0.1, 0.15) is 0 Å². The zero-order chi connectivity index (χ0) is 15.6. The number of nitrogens with one attached hydrogen (secondary N) is 1. The zero-order valence-electron chi connectivity index (χ0n) is 14.0. The third-order valence-corrected chi connectivity index (χ3v) is 5.77. The number of anilines is 1. The van der Waals surface area contributed by atoms with Crippen LogP contribution in [0.4, 0.5) is 5.69 Å². The maximum Gasteiger partial charge on any atom is 0.0706 e. The normalized spacial score (nSPS) is 31.6. The molecule has 1 aliphatic heterocycles. The molecule has 1 heterocycles. The maximum atomic E-state index is 11.0. The van der Waals surface area contributed by atoms with Gasteiger partial charge in [-0.2, -0.15) is 0 Å². The van der Waals surface area contributed by atoms with E-state index in [1.165, 1.54) is 24.1 Å². The minimum absolute atomic E-state index is 0.310. The number of nitrogens with zero attached hydrogens (tertiary/aromatic N) is 1. The predicted molar refractivity (Wildman–Crippen MR) is 92.3 cm³/mol. The van der Waals surface area contributed by atoms with Gasteiger partial charge in [0, 0.05) is 30.7 Å². The van der Waals surface area contributed by atoms with Crippen LogP contribution in [0.5, 0.6) is 0 Å². The summed E-state index contributed by atoms with van der Waals surface area (Å²) in [6, 6.07) is 9.29. The van der Waals surface area contributed by atoms with Gasteiger partial charge in [0.05, 0.1) is 5.60 Å². The molecule has 1 saturated heterocycles. The Hall–Kier alpha value is -1.06. The van der Waals surface area contributed by atoms with Crippen LogP contribution < -0.4 is 10.2 Å². The second kappa shape index (κ2) is 6.59. The van der Waals surface area contributed by atoms with E-state index in [9.17, 15) is 5.11 Å². The van der Waals surface area contributed by atoms with E-state index in [1.807, 2.05) is 0 Å². The van der Waals surface area contributed by atoms with E-state index in [0.717, 1.165) is 38.9 Å². The third kappa shape index (κ3) is 2.89. The van der Waals surface area contributed by atoms with E-state index in [4.69, 9.17) is 0 Å². The van der Waals surface area contributed by atoms with Crippen molar-refractivity contribution in [3.8, 4) is 0 Å². The fourth-order valence-corrected chi connectivity index (χ4v) is 4.45. The van der Waals surface area contributed by atoms with E-state index < -0.39 is 5.60 Å². The monoisotopic (exact) mass is 302 g/mol. The van der Waals surface area contributed by atoms with Crippen LogP contribution in [0.25, 0.3) is 0 Å². The number of benzene rings is 1. The van der Waals surface area contributed by atoms with Crippen LogP contribution in [-0.2, 0) is 0 Å². The number of hydrogen-bond donors (Lipinski definition) is 2. The highest BCUT2D eigenvalue weighted by Gasteiger charge is 2.45. The van der Waals surface area contributed by atoms with E-state index >= 15 is 0 Å². The van der Waals surface area contributed by atoms with Crippen LogP contribution in [0.3, 0.4) is 0 Å². The van der Waals surface area contributed by atoms with E-state index in [0.29, 0.717) is 12.0 Å². The van der Waals surface area contributed by atoms with Crippen molar-refractivity contribution >= 4 is 5.69 Å². The first-order valence-electron chi connectivity index (χ1n) is 8.98. The summed E-state index contributed by atoms with van der Waals surface area (Å²) in [5.74, 6) is 0.370. The molecular formula is C19H30N2O. The molecule has 22 heavy (non-hydrogen) atoms. The van der Waals surface area contributed by atoms with E-state index in [2.05, 4.69) is 48.3 Å². The Morgan fingerprint density at radius 3 is 2.55 bits per heavy atom. The number of piperidine rings is 1. The molecule has 0 bridgehead atoms. The molecule has 122 valence electrons. The number of hydrogen-bond acceptors (Lipinski definition) is 3. The highest BCUT2D eigenvalue weighted by Crippen LogP contribution is 2.45. The van der Waals surface area contributed by atoms with Crippen molar-refractivity contribution in [3.05, 3.63) is 29.8 Å². The average Bonchev–Trinajstić information content (AvgIpc) is 2.55. The number of aliphatic hydroxyl groups is 1. The molecule has 1 saturated carbocycles. The van der Waals surface area contributed by atoms with Gasteiger partial charge in [-0.05, 0) is 57.4 Å². The summed E-state index contributed by atoms with van der Waals surface area (Å²) in [5, 5.41) is 14.7. The topological polar surface area (TPSA) is 35.5 Å². The Bertz CT molecular complexity index is 479. The van der Waals surface area contributed by atoms with Crippen LogP contribution in [0, 0.1) is 5.92 Å². The molecule has 3 rings (SSSR count). The molecule has 1 aliphatic carbocycles. The first-order valence-corrected chi connectivity index (χ1v) is 8.98. The molecule has 3 nitrogen and oxygen atoms in total. The van der Waals surface area contributed by atoms with Crippen LogP contribution >= 0.6 is 0 Å². The van der Waals surface area contributed by atoms with Crippen molar-refractivity contribution in [1.82, 2.24) is 5.32 Å². The largest absolute Gasteiger partial charge is 0.389 e. The summed E-state index contributed by atoms with van der Waals surface area (Å²) in [6.45, 7) is 7.40. The van der Waals surface area contributed by atoms with Gasteiger partial charge in [-0.15, -0.1) is 0 Å². The van der Waals surface area contributed by atoms with Crippen LogP contribution in [-0.4, -0.2) is 30.3 Å². The predicted octanol–water partition coefficient (Wildman–Crippen LogP) is 3.49. The van der Waals surface area contributed by atoms with Crippen molar-refractivity contribution < 1.29 is 5.11 Å². The Kier molecular flexibility index (Phi) is 4.74. The molecular weight excluding hydrogens is 272 g/mol. The fraction of sp³-hybridized carbons (Fsp3) is 0.684. The Balaban J connectivity index is 1.80. The second-order valence-corrected chi connectivity index (χ2v) is 6.90. The smallest absolute Gasteiger partial charge is 0.0706 e. The van der Waals surface area contributed by atoms with Gasteiger partial charge in [-0.25, -0.2) is 0 Å². The Morgan fingerprint density at radius 1 is 1.14 bits per heavy atom. The van der Waals surface area contributed by atoms with E-state index in [1.54, 1.807) is 0 Å². The first-order chi connectivity index (χ1) is 10.7. The van der Waals surface area contributed by atoms with Gasteiger partial charge >= 0.3 is 0 Å². The molecule has 1 aromatic rings. The van der Waals surface area contributed by atoms with Crippen molar-refractivity contribution in [3.63, 3.8) is 0 Å². The standard InChI is InChI=1S/C19H30N2O/c1-3-21(4-2)16-10-8-15(9-11-16)18-17-7-5-6-12-19(17,22)13-14-20-18/h8-11,17-18,20,22H,3-7,12-14H2,1-2H3. The van der Waals surface area contributed by atoms with Gasteiger partial charge in [-0.3, -0.25) is 0 Å². The van der Waals surface area contributed by atoms with Gasteiger partial charge in [0.2, 0.25) is 0 Å². The lowest BCUT2D eigenvalue weighted by atomic mass is 9.67. The summed E-state index contributed by atoms with van der Waals surface area (Å²) in [7, 11) is 0.